The summed E-state index contributed by atoms with van der Waals surface area (Å²) in [5.41, 5.74) is 0.511. The number of nitrogens with one attached hydrogen (secondary N) is 1. The van der Waals surface area contributed by atoms with E-state index in [0.29, 0.717) is 47.2 Å². The van der Waals surface area contributed by atoms with E-state index in [1.807, 2.05) is 11.9 Å². The molecule has 1 aliphatic rings. The van der Waals surface area contributed by atoms with Gasteiger partial charge in [0.1, 0.15) is 47.6 Å². The molecule has 0 bridgehead atoms. The van der Waals surface area contributed by atoms with Crippen LogP contribution in [-0.2, 0) is 5.92 Å². The van der Waals surface area contributed by atoms with E-state index in [2.05, 4.69) is 15.3 Å². The average Bonchev–Trinajstić information content (AvgIpc) is 2.78. The first-order valence-electron chi connectivity index (χ1n) is 10.4. The quantitative estimate of drug-likeness (QED) is 0.569. The number of nitrogens with zero attached hydrogens (tertiary/aromatic N) is 3. The molecule has 4 rings (SSSR count). The maximum Gasteiger partial charge on any atom is 0.298 e. The molecule has 0 unspecified atom stereocenters. The molecular formula is C23H25F3N4O3. The third-order valence-electron chi connectivity index (χ3n) is 5.71. The van der Waals surface area contributed by atoms with E-state index in [4.69, 9.17) is 14.6 Å². The predicted octanol–water partition coefficient (Wildman–Crippen LogP) is 4.17. The Morgan fingerprint density at radius 3 is 2.79 bits per heavy atom. The number of aliphatic hydroxyl groups excluding tert-OH is 1. The number of hydrogen-bond acceptors (Lipinski definition) is 7. The Labute approximate surface area is 189 Å². The zero-order valence-electron chi connectivity index (χ0n) is 18.7. The van der Waals surface area contributed by atoms with Crippen molar-refractivity contribution in [2.24, 2.45) is 0 Å². The highest BCUT2D eigenvalue weighted by Crippen LogP contribution is 2.46. The van der Waals surface area contributed by atoms with Crippen LogP contribution >= 0.6 is 0 Å². The summed E-state index contributed by atoms with van der Waals surface area (Å²) in [5.74, 6) is -2.78. The summed E-state index contributed by atoms with van der Waals surface area (Å²) in [6.07, 6.45) is 0. The summed E-state index contributed by atoms with van der Waals surface area (Å²) >= 11 is 0. The minimum atomic E-state index is -3.69. The number of likely N-dealkylation sites (N-methyl/N-ethyl adjacent to an activating group) is 1. The second kappa shape index (κ2) is 8.58. The lowest BCUT2D eigenvalue weighted by Gasteiger charge is -2.30. The molecule has 33 heavy (non-hydrogen) atoms. The minimum Gasteiger partial charge on any atom is -0.494 e. The minimum absolute atomic E-state index is 0.0194. The number of hydrogen-bond donors (Lipinski definition) is 2. The number of aromatic nitrogens is 2. The zero-order valence-corrected chi connectivity index (χ0v) is 18.7. The molecule has 2 heterocycles. The molecule has 0 radical (unpaired) electrons. The van der Waals surface area contributed by atoms with Gasteiger partial charge < -0.3 is 24.8 Å². The van der Waals surface area contributed by atoms with E-state index in [1.54, 1.807) is 27.0 Å². The fraction of sp³-hybridized carbons (Fsp3) is 0.391. The average molecular weight is 462 g/mol. The lowest BCUT2D eigenvalue weighted by molar-refractivity contribution is -0.0583. The molecular weight excluding hydrogens is 437 g/mol. The number of aryl methyl sites for hydroxylation is 1. The molecule has 0 aliphatic carbocycles. The number of aliphatic hydroxyl groups is 1. The summed E-state index contributed by atoms with van der Waals surface area (Å²) in [7, 11) is 3.49. The standard InChI is InChI=1S/C23H25F3N4O3/c1-12(14-6-5-7-16(18(14)24)23(25,26)11-31)27-22-15-10-17(32-4)20-21(33-9-8-30(20)3)19(15)28-13(2)29-22/h5-7,10,12,31H,8-9,11H2,1-4H3,(H,27,28,29)/t12-/m1/s1. The predicted molar refractivity (Wildman–Crippen MR) is 119 cm³/mol. The van der Waals surface area contributed by atoms with Gasteiger partial charge in [-0.15, -0.1) is 0 Å². The lowest BCUT2D eigenvalue weighted by Crippen LogP contribution is -2.29. The molecule has 2 N–H and O–H groups in total. The third-order valence-corrected chi connectivity index (χ3v) is 5.71. The van der Waals surface area contributed by atoms with Crippen LogP contribution in [0.25, 0.3) is 10.9 Å². The summed E-state index contributed by atoms with van der Waals surface area (Å²) < 4.78 is 54.5. The normalized spacial score (nSPS) is 14.6. The molecule has 10 heteroatoms. The number of benzene rings is 2. The molecule has 0 amide bonds. The monoisotopic (exact) mass is 462 g/mol. The SMILES string of the molecule is COc1cc2c(N[C@H](C)c3cccc(C(F)(F)CO)c3F)nc(C)nc2c2c1N(C)CCO2. The molecule has 3 aromatic rings. The topological polar surface area (TPSA) is 79.7 Å². The van der Waals surface area contributed by atoms with Gasteiger partial charge in [0, 0.05) is 12.6 Å². The van der Waals surface area contributed by atoms with Crippen LogP contribution in [0.2, 0.25) is 0 Å². The second-order valence-corrected chi connectivity index (χ2v) is 7.98. The van der Waals surface area contributed by atoms with Gasteiger partial charge in [-0.25, -0.2) is 14.4 Å². The number of anilines is 2. The summed E-state index contributed by atoms with van der Waals surface area (Å²) in [6, 6.07) is 4.78. The second-order valence-electron chi connectivity index (χ2n) is 7.98. The van der Waals surface area contributed by atoms with Gasteiger partial charge in [-0.2, -0.15) is 8.78 Å². The van der Waals surface area contributed by atoms with Gasteiger partial charge in [-0.3, -0.25) is 0 Å². The first kappa shape index (κ1) is 22.9. The molecule has 1 aromatic heterocycles. The van der Waals surface area contributed by atoms with Crippen molar-refractivity contribution in [1.82, 2.24) is 9.97 Å². The number of alkyl halides is 2. The van der Waals surface area contributed by atoms with Crippen molar-refractivity contribution < 1.29 is 27.8 Å². The van der Waals surface area contributed by atoms with Gasteiger partial charge >= 0.3 is 0 Å². The summed E-state index contributed by atoms with van der Waals surface area (Å²) in [6.45, 7) is 3.05. The Morgan fingerprint density at radius 1 is 1.33 bits per heavy atom. The van der Waals surface area contributed by atoms with Crippen LogP contribution < -0.4 is 19.7 Å². The Hall–Kier alpha value is -3.27. The fourth-order valence-electron chi connectivity index (χ4n) is 4.01. The van der Waals surface area contributed by atoms with Crippen LogP contribution in [0.4, 0.5) is 24.7 Å². The van der Waals surface area contributed by atoms with Crippen molar-refractivity contribution in [3.63, 3.8) is 0 Å². The van der Waals surface area contributed by atoms with Gasteiger partial charge in [0.25, 0.3) is 5.92 Å². The van der Waals surface area contributed by atoms with Crippen LogP contribution in [0.3, 0.4) is 0 Å². The smallest absolute Gasteiger partial charge is 0.298 e. The Kier molecular flexibility index (Phi) is 5.96. The highest BCUT2D eigenvalue weighted by atomic mass is 19.3. The van der Waals surface area contributed by atoms with E-state index in [9.17, 15) is 13.2 Å². The van der Waals surface area contributed by atoms with Crippen LogP contribution in [0, 0.1) is 12.7 Å². The summed E-state index contributed by atoms with van der Waals surface area (Å²) in [5, 5.41) is 12.7. The van der Waals surface area contributed by atoms with Crippen LogP contribution in [0.5, 0.6) is 11.5 Å². The maximum atomic E-state index is 15.0. The first-order valence-corrected chi connectivity index (χ1v) is 10.4. The van der Waals surface area contributed by atoms with Gasteiger partial charge in [0.05, 0.1) is 30.6 Å². The molecule has 0 saturated heterocycles. The fourth-order valence-corrected chi connectivity index (χ4v) is 4.01. The van der Waals surface area contributed by atoms with Gasteiger partial charge in [0.15, 0.2) is 5.75 Å². The van der Waals surface area contributed by atoms with Crippen molar-refractivity contribution >= 4 is 22.4 Å². The number of fused-ring (bicyclic) bond motifs is 3. The highest BCUT2D eigenvalue weighted by molar-refractivity contribution is 6.00. The van der Waals surface area contributed by atoms with Gasteiger partial charge in [0.2, 0.25) is 0 Å². The maximum absolute atomic E-state index is 15.0. The highest BCUT2D eigenvalue weighted by Gasteiger charge is 2.35. The molecule has 2 aromatic carbocycles. The van der Waals surface area contributed by atoms with Crippen LogP contribution in [0.15, 0.2) is 24.3 Å². The molecule has 0 saturated carbocycles. The Balaban J connectivity index is 1.81. The van der Waals surface area contributed by atoms with Gasteiger partial charge in [-0.05, 0) is 26.0 Å². The van der Waals surface area contributed by atoms with Crippen molar-refractivity contribution in [1.29, 1.82) is 0 Å². The Bertz CT molecular complexity index is 1210. The van der Waals surface area contributed by atoms with E-state index in [-0.39, 0.29) is 5.56 Å². The molecule has 0 fully saturated rings. The molecule has 1 aliphatic heterocycles. The zero-order chi connectivity index (χ0) is 23.9. The number of halogens is 3. The van der Waals surface area contributed by atoms with Crippen molar-refractivity contribution in [2.45, 2.75) is 25.8 Å². The molecule has 176 valence electrons. The van der Waals surface area contributed by atoms with Gasteiger partial charge in [-0.1, -0.05) is 12.1 Å². The first-order chi connectivity index (χ1) is 15.7. The molecule has 0 spiro atoms. The number of methoxy groups -OCH3 is 1. The number of ether oxygens (including phenoxy) is 2. The van der Waals surface area contributed by atoms with E-state index in [1.165, 1.54) is 12.1 Å². The van der Waals surface area contributed by atoms with E-state index >= 15 is 0 Å². The third kappa shape index (κ3) is 3.99. The lowest BCUT2D eigenvalue weighted by atomic mass is 10.00. The number of rotatable bonds is 6. The van der Waals surface area contributed by atoms with Crippen LogP contribution in [-0.4, -0.2) is 49.0 Å². The van der Waals surface area contributed by atoms with Crippen molar-refractivity contribution in [3.05, 3.63) is 47.0 Å². The van der Waals surface area contributed by atoms with E-state index in [0.717, 1.165) is 11.8 Å². The molecule has 1 atom stereocenters. The summed E-state index contributed by atoms with van der Waals surface area (Å²) in [4.78, 5) is 11.0. The van der Waals surface area contributed by atoms with Crippen molar-refractivity contribution in [3.8, 4) is 11.5 Å². The van der Waals surface area contributed by atoms with E-state index < -0.39 is 30.0 Å². The Morgan fingerprint density at radius 2 is 2.09 bits per heavy atom. The van der Waals surface area contributed by atoms with Crippen LogP contribution in [0.1, 0.15) is 29.9 Å². The molecule has 7 nitrogen and oxygen atoms in total. The van der Waals surface area contributed by atoms with Crippen molar-refractivity contribution in [2.75, 3.05) is 44.1 Å². The largest absolute Gasteiger partial charge is 0.494 e.